The molecule has 0 saturated heterocycles. The van der Waals surface area contributed by atoms with Crippen LogP contribution in [0, 0.1) is 0 Å². The summed E-state index contributed by atoms with van der Waals surface area (Å²) < 4.78 is 4.35. The SMILES string of the molecule is COc1cccc(C(Cl)(Br)Br)c1. The highest BCUT2D eigenvalue weighted by atomic mass is 79.9. The largest absolute Gasteiger partial charge is 0.497 e. The van der Waals surface area contributed by atoms with Gasteiger partial charge in [-0.3, -0.25) is 0 Å². The predicted octanol–water partition coefficient (Wildman–Crippen LogP) is 3.83. The van der Waals surface area contributed by atoms with E-state index in [1.807, 2.05) is 24.3 Å². The second kappa shape index (κ2) is 3.99. The van der Waals surface area contributed by atoms with Crippen molar-refractivity contribution in [1.29, 1.82) is 0 Å². The Balaban J connectivity index is 3.02. The van der Waals surface area contributed by atoms with Crippen LogP contribution in [0.5, 0.6) is 5.75 Å². The third kappa shape index (κ3) is 2.64. The van der Waals surface area contributed by atoms with Gasteiger partial charge in [0.1, 0.15) is 5.75 Å². The van der Waals surface area contributed by atoms with E-state index in [9.17, 15) is 0 Å². The molecule has 0 spiro atoms. The van der Waals surface area contributed by atoms with E-state index in [2.05, 4.69) is 31.9 Å². The van der Waals surface area contributed by atoms with Crippen molar-refractivity contribution in [2.75, 3.05) is 7.11 Å². The maximum atomic E-state index is 5.97. The van der Waals surface area contributed by atoms with Crippen LogP contribution in [0.2, 0.25) is 0 Å². The molecule has 0 heterocycles. The van der Waals surface area contributed by atoms with Crippen molar-refractivity contribution in [3.63, 3.8) is 0 Å². The third-order valence-electron chi connectivity index (χ3n) is 1.40. The van der Waals surface area contributed by atoms with Gasteiger partial charge in [0.15, 0.2) is 2.69 Å². The normalized spacial score (nSPS) is 11.3. The fourth-order valence-corrected chi connectivity index (χ4v) is 1.41. The molecule has 0 aliphatic rings. The van der Waals surface area contributed by atoms with Gasteiger partial charge in [0.05, 0.1) is 7.11 Å². The predicted molar refractivity (Wildman–Crippen MR) is 58.4 cm³/mol. The summed E-state index contributed by atoms with van der Waals surface area (Å²) in [5, 5.41) is 0. The Morgan fingerprint density at radius 1 is 1.42 bits per heavy atom. The van der Waals surface area contributed by atoms with Gasteiger partial charge in [-0.25, -0.2) is 0 Å². The molecule has 0 aliphatic carbocycles. The zero-order chi connectivity index (χ0) is 9.19. The molecular weight excluding hydrogens is 307 g/mol. The zero-order valence-corrected chi connectivity index (χ0v) is 10.3. The van der Waals surface area contributed by atoms with Crippen LogP contribution in [-0.2, 0) is 2.69 Å². The fourth-order valence-electron chi connectivity index (χ4n) is 0.799. The Hall–Kier alpha value is 0.270. The number of benzene rings is 1. The van der Waals surface area contributed by atoms with Gasteiger partial charge < -0.3 is 4.74 Å². The van der Waals surface area contributed by atoms with Crippen molar-refractivity contribution in [2.45, 2.75) is 2.69 Å². The van der Waals surface area contributed by atoms with E-state index < -0.39 is 2.69 Å². The smallest absolute Gasteiger partial charge is 0.178 e. The highest BCUT2D eigenvalue weighted by molar-refractivity contribution is 9.25. The highest BCUT2D eigenvalue weighted by Gasteiger charge is 2.21. The van der Waals surface area contributed by atoms with Crippen molar-refractivity contribution in [3.8, 4) is 5.75 Å². The van der Waals surface area contributed by atoms with Gasteiger partial charge in [-0.1, -0.05) is 23.7 Å². The second-order valence-corrected chi connectivity index (χ2v) is 7.15. The van der Waals surface area contributed by atoms with Crippen LogP contribution in [0.15, 0.2) is 24.3 Å². The third-order valence-corrected chi connectivity index (χ3v) is 2.53. The zero-order valence-electron chi connectivity index (χ0n) is 6.35. The van der Waals surface area contributed by atoms with E-state index in [0.29, 0.717) is 0 Å². The van der Waals surface area contributed by atoms with Crippen molar-refractivity contribution >= 4 is 43.5 Å². The van der Waals surface area contributed by atoms with Crippen molar-refractivity contribution in [3.05, 3.63) is 29.8 Å². The molecule has 0 saturated carbocycles. The molecule has 12 heavy (non-hydrogen) atoms. The summed E-state index contributed by atoms with van der Waals surface area (Å²) in [6, 6.07) is 7.51. The summed E-state index contributed by atoms with van der Waals surface area (Å²) in [5.74, 6) is 0.788. The number of rotatable bonds is 2. The Kier molecular flexibility index (Phi) is 3.44. The monoisotopic (exact) mass is 312 g/mol. The summed E-state index contributed by atoms with van der Waals surface area (Å²) in [7, 11) is 1.62. The topological polar surface area (TPSA) is 9.23 Å². The van der Waals surface area contributed by atoms with Gasteiger partial charge in [-0.05, 0) is 49.6 Å². The van der Waals surface area contributed by atoms with Crippen LogP contribution in [-0.4, -0.2) is 7.11 Å². The van der Waals surface area contributed by atoms with Gasteiger partial charge in [0.25, 0.3) is 0 Å². The number of methoxy groups -OCH3 is 1. The lowest BCUT2D eigenvalue weighted by molar-refractivity contribution is 0.414. The lowest BCUT2D eigenvalue weighted by Gasteiger charge is -2.12. The van der Waals surface area contributed by atoms with E-state index in [4.69, 9.17) is 16.3 Å². The average Bonchev–Trinajstić information content (AvgIpc) is 2.03. The van der Waals surface area contributed by atoms with Crippen molar-refractivity contribution in [2.24, 2.45) is 0 Å². The van der Waals surface area contributed by atoms with E-state index in [1.54, 1.807) is 7.11 Å². The molecule has 0 radical (unpaired) electrons. The minimum absolute atomic E-state index is 0.700. The van der Waals surface area contributed by atoms with Crippen LogP contribution in [0.4, 0.5) is 0 Å². The van der Waals surface area contributed by atoms with Gasteiger partial charge in [0.2, 0.25) is 0 Å². The Morgan fingerprint density at radius 2 is 2.08 bits per heavy atom. The molecule has 0 atom stereocenters. The molecule has 66 valence electrons. The lowest BCUT2D eigenvalue weighted by Crippen LogP contribution is -1.98. The van der Waals surface area contributed by atoms with Crippen LogP contribution >= 0.6 is 43.5 Å². The van der Waals surface area contributed by atoms with Crippen molar-refractivity contribution in [1.82, 2.24) is 0 Å². The Labute approximate surface area is 93.3 Å². The van der Waals surface area contributed by atoms with E-state index in [-0.39, 0.29) is 0 Å². The highest BCUT2D eigenvalue weighted by Crippen LogP contribution is 2.42. The molecule has 0 N–H and O–H groups in total. The molecular formula is C8H7Br2ClO. The molecule has 1 rings (SSSR count). The molecule has 0 fully saturated rings. The second-order valence-electron chi connectivity index (χ2n) is 2.23. The van der Waals surface area contributed by atoms with E-state index in [1.165, 1.54) is 0 Å². The standard InChI is InChI=1S/C8H7Br2ClO/c1-12-7-4-2-3-6(5-7)8(9,10)11/h2-5H,1H3. The molecule has 0 aromatic heterocycles. The number of alkyl halides is 3. The minimum Gasteiger partial charge on any atom is -0.497 e. The summed E-state index contributed by atoms with van der Waals surface area (Å²) in [5.41, 5.74) is 0.906. The summed E-state index contributed by atoms with van der Waals surface area (Å²) in [6.45, 7) is 0. The molecule has 4 heteroatoms. The molecule has 0 aliphatic heterocycles. The fraction of sp³-hybridized carbons (Fsp3) is 0.250. The molecule has 0 unspecified atom stereocenters. The Bertz CT molecular complexity index is 270. The molecule has 1 aromatic rings. The maximum absolute atomic E-state index is 5.97. The minimum atomic E-state index is -0.700. The van der Waals surface area contributed by atoms with Gasteiger partial charge in [0, 0.05) is 0 Å². The average molecular weight is 314 g/mol. The molecule has 0 bridgehead atoms. The van der Waals surface area contributed by atoms with Crippen LogP contribution in [0.25, 0.3) is 0 Å². The number of hydrogen-bond acceptors (Lipinski definition) is 1. The van der Waals surface area contributed by atoms with Crippen LogP contribution < -0.4 is 4.74 Å². The molecule has 1 nitrogen and oxygen atoms in total. The first-order valence-electron chi connectivity index (χ1n) is 3.25. The lowest BCUT2D eigenvalue weighted by atomic mass is 10.2. The van der Waals surface area contributed by atoms with Gasteiger partial charge in [-0.2, -0.15) is 0 Å². The first-order valence-corrected chi connectivity index (χ1v) is 5.21. The first kappa shape index (κ1) is 10.4. The number of ether oxygens (including phenoxy) is 1. The first-order chi connectivity index (χ1) is 5.54. The van der Waals surface area contributed by atoms with Crippen molar-refractivity contribution < 1.29 is 4.74 Å². The summed E-state index contributed by atoms with van der Waals surface area (Å²) >= 11 is 12.5. The van der Waals surface area contributed by atoms with Crippen LogP contribution in [0.1, 0.15) is 5.56 Å². The molecule has 0 amide bonds. The molecule has 1 aromatic carbocycles. The summed E-state index contributed by atoms with van der Waals surface area (Å²) in [4.78, 5) is 0. The maximum Gasteiger partial charge on any atom is 0.178 e. The number of hydrogen-bond donors (Lipinski definition) is 0. The van der Waals surface area contributed by atoms with E-state index >= 15 is 0 Å². The number of halogens is 3. The van der Waals surface area contributed by atoms with E-state index in [0.717, 1.165) is 11.3 Å². The van der Waals surface area contributed by atoms with Crippen LogP contribution in [0.3, 0.4) is 0 Å². The van der Waals surface area contributed by atoms with Gasteiger partial charge >= 0.3 is 0 Å². The van der Waals surface area contributed by atoms with Gasteiger partial charge in [-0.15, -0.1) is 0 Å². The summed E-state index contributed by atoms with van der Waals surface area (Å²) in [6.07, 6.45) is 0. The quantitative estimate of drug-likeness (QED) is 0.754. The Morgan fingerprint density at radius 3 is 2.58 bits per heavy atom.